The van der Waals surface area contributed by atoms with Gasteiger partial charge in [-0.05, 0) is 89.9 Å². The number of aliphatic hydroxyl groups excluding tert-OH is 3. The second-order valence-electron chi connectivity index (χ2n) is 14.2. The summed E-state index contributed by atoms with van der Waals surface area (Å²) in [6.45, 7) is 1.97. The van der Waals surface area contributed by atoms with E-state index in [-0.39, 0.29) is 25.6 Å². The molecule has 4 N–H and O–H groups in total. The van der Waals surface area contributed by atoms with Crippen molar-refractivity contribution in [1.82, 2.24) is 0 Å². The van der Waals surface area contributed by atoms with Crippen LogP contribution in [-0.2, 0) is 32.7 Å². The number of carbonyl (C=O) groups excluding carboxylic acids is 2. The Kier molecular flexibility index (Phi) is 39.9. The Bertz CT molecular complexity index is 1380. The first-order valence-corrected chi connectivity index (χ1v) is 23.4. The Morgan fingerprint density at radius 3 is 1.50 bits per heavy atom. The molecule has 0 aromatic rings. The molecule has 0 rings (SSSR count). The van der Waals surface area contributed by atoms with Gasteiger partial charge in [-0.3, -0.25) is 18.6 Å². The van der Waals surface area contributed by atoms with Gasteiger partial charge >= 0.3 is 19.8 Å². The minimum absolute atomic E-state index is 0.0348. The van der Waals surface area contributed by atoms with E-state index in [2.05, 4.69) is 97.4 Å². The van der Waals surface area contributed by atoms with Crippen molar-refractivity contribution < 1.29 is 52.9 Å². The van der Waals surface area contributed by atoms with Gasteiger partial charge in [-0.1, -0.05) is 142 Å². The van der Waals surface area contributed by atoms with E-state index >= 15 is 0 Å². The fraction of sp³-hybridized carbons (Fsp3) is 0.583. The molecule has 0 aromatic carbocycles. The van der Waals surface area contributed by atoms with E-state index in [1.165, 1.54) is 19.3 Å². The van der Waals surface area contributed by atoms with Gasteiger partial charge in [-0.2, -0.15) is 0 Å². The number of allylic oxidation sites excluding steroid dienone is 17. The first-order valence-electron chi connectivity index (χ1n) is 21.9. The van der Waals surface area contributed by atoms with E-state index in [9.17, 15) is 29.3 Å². The molecule has 4 atom stereocenters. The van der Waals surface area contributed by atoms with Crippen LogP contribution in [0.2, 0.25) is 0 Å². The lowest BCUT2D eigenvalue weighted by Gasteiger charge is -2.20. The molecule has 0 aliphatic carbocycles. The number of ether oxygens (including phenoxy) is 2. The van der Waals surface area contributed by atoms with E-state index in [4.69, 9.17) is 19.1 Å². The van der Waals surface area contributed by atoms with Gasteiger partial charge in [0, 0.05) is 12.8 Å². The number of phosphoric ester groups is 1. The Hall–Kier alpha value is -3.41. The third kappa shape index (κ3) is 41.3. The van der Waals surface area contributed by atoms with Crippen LogP contribution in [0.15, 0.2) is 109 Å². The maximum absolute atomic E-state index is 12.6. The topological polar surface area (TPSA) is 169 Å². The number of unbranched alkanes of at least 4 members (excludes halogenated alkanes) is 4. The third-order valence-electron chi connectivity index (χ3n) is 8.47. The summed E-state index contributed by atoms with van der Waals surface area (Å²) in [5.74, 6) is -1.12. The van der Waals surface area contributed by atoms with Crippen molar-refractivity contribution in [2.75, 3.05) is 26.4 Å². The van der Waals surface area contributed by atoms with Crippen molar-refractivity contribution in [3.63, 3.8) is 0 Å². The molecule has 11 nitrogen and oxygen atoms in total. The van der Waals surface area contributed by atoms with Gasteiger partial charge in [0.1, 0.15) is 12.7 Å². The molecule has 0 saturated carbocycles. The van der Waals surface area contributed by atoms with Gasteiger partial charge in [-0.25, -0.2) is 4.57 Å². The summed E-state index contributed by atoms with van der Waals surface area (Å²) in [6, 6.07) is 0. The summed E-state index contributed by atoms with van der Waals surface area (Å²) in [5.41, 5.74) is 0. The van der Waals surface area contributed by atoms with Gasteiger partial charge in [0.2, 0.25) is 0 Å². The van der Waals surface area contributed by atoms with Gasteiger partial charge in [-0.15, -0.1) is 0 Å². The lowest BCUT2D eigenvalue weighted by atomic mass is 10.1. The molecule has 0 aromatic heterocycles. The number of phosphoric acid groups is 1. The summed E-state index contributed by atoms with van der Waals surface area (Å²) in [7, 11) is -4.67. The van der Waals surface area contributed by atoms with Crippen molar-refractivity contribution in [2.24, 2.45) is 0 Å². The Morgan fingerprint density at radius 1 is 0.533 bits per heavy atom. The smallest absolute Gasteiger partial charge is 0.462 e. The average molecular weight is 861 g/mol. The van der Waals surface area contributed by atoms with Crippen molar-refractivity contribution in [2.45, 2.75) is 154 Å². The predicted molar refractivity (Wildman–Crippen MR) is 243 cm³/mol. The maximum Gasteiger partial charge on any atom is 0.472 e. The molecule has 0 saturated heterocycles. The van der Waals surface area contributed by atoms with Crippen LogP contribution in [0.5, 0.6) is 0 Å². The highest BCUT2D eigenvalue weighted by Crippen LogP contribution is 2.43. The zero-order chi connectivity index (χ0) is 44.2. The van der Waals surface area contributed by atoms with Crippen LogP contribution in [0, 0.1) is 0 Å². The number of aliphatic hydroxyl groups is 3. The van der Waals surface area contributed by atoms with E-state index in [0.717, 1.165) is 57.8 Å². The molecule has 0 fully saturated rings. The minimum atomic E-state index is -4.67. The zero-order valence-electron chi connectivity index (χ0n) is 36.5. The Labute approximate surface area is 361 Å². The van der Waals surface area contributed by atoms with Gasteiger partial charge in [0.05, 0.1) is 25.9 Å². The fourth-order valence-electron chi connectivity index (χ4n) is 5.10. The van der Waals surface area contributed by atoms with Crippen molar-refractivity contribution in [1.29, 1.82) is 0 Å². The van der Waals surface area contributed by atoms with Crippen molar-refractivity contribution in [3.05, 3.63) is 109 Å². The molecule has 0 radical (unpaired) electrons. The molecule has 0 bridgehead atoms. The first-order chi connectivity index (χ1) is 29.1. The van der Waals surface area contributed by atoms with Crippen LogP contribution >= 0.6 is 7.82 Å². The SMILES string of the molecule is CCCCC/C=C\C/C=C\C/C=C\C/C=C\C/C=C\CCC(=O)O[C@H](COC(=O)CCC/C=C\C/C=C\C/C=C\C/C=C\CC(O)CCC)COP(=O)(O)OC[C@@H](O)CO. The first kappa shape index (κ1) is 56.6. The lowest BCUT2D eigenvalue weighted by Crippen LogP contribution is -2.29. The molecule has 2 unspecified atom stereocenters. The quantitative estimate of drug-likeness (QED) is 0.0201. The lowest BCUT2D eigenvalue weighted by molar-refractivity contribution is -0.161. The average Bonchev–Trinajstić information content (AvgIpc) is 3.23. The van der Waals surface area contributed by atoms with E-state index in [0.29, 0.717) is 32.1 Å². The largest absolute Gasteiger partial charge is 0.472 e. The molecule has 340 valence electrons. The van der Waals surface area contributed by atoms with Crippen LogP contribution in [0.4, 0.5) is 0 Å². The molecule has 0 amide bonds. The highest BCUT2D eigenvalue weighted by atomic mass is 31.2. The number of hydrogen-bond donors (Lipinski definition) is 4. The summed E-state index contributed by atoms with van der Waals surface area (Å²) in [6.07, 6.45) is 49.9. The molecule has 0 aliphatic rings. The highest BCUT2D eigenvalue weighted by Gasteiger charge is 2.27. The zero-order valence-corrected chi connectivity index (χ0v) is 37.4. The van der Waals surface area contributed by atoms with Gasteiger partial charge in [0.15, 0.2) is 6.10 Å². The second kappa shape index (κ2) is 42.3. The second-order valence-corrected chi connectivity index (χ2v) is 15.6. The van der Waals surface area contributed by atoms with E-state index < -0.39 is 51.8 Å². The van der Waals surface area contributed by atoms with Gasteiger partial charge in [0.25, 0.3) is 0 Å². The Morgan fingerprint density at radius 2 is 1.00 bits per heavy atom. The number of esters is 2. The summed E-state index contributed by atoms with van der Waals surface area (Å²) < 4.78 is 32.5. The van der Waals surface area contributed by atoms with Crippen LogP contribution in [0.3, 0.4) is 0 Å². The van der Waals surface area contributed by atoms with Crippen LogP contribution in [0.25, 0.3) is 0 Å². The maximum atomic E-state index is 12.6. The van der Waals surface area contributed by atoms with Crippen LogP contribution < -0.4 is 0 Å². The fourth-order valence-corrected chi connectivity index (χ4v) is 5.89. The third-order valence-corrected chi connectivity index (χ3v) is 9.42. The Balaban J connectivity index is 4.55. The van der Waals surface area contributed by atoms with Crippen molar-refractivity contribution in [3.8, 4) is 0 Å². The predicted octanol–water partition coefficient (Wildman–Crippen LogP) is 10.7. The monoisotopic (exact) mass is 861 g/mol. The summed E-state index contributed by atoms with van der Waals surface area (Å²) in [4.78, 5) is 34.9. The number of hydrogen-bond acceptors (Lipinski definition) is 10. The van der Waals surface area contributed by atoms with Crippen LogP contribution in [0.1, 0.15) is 136 Å². The van der Waals surface area contributed by atoms with E-state index in [1.807, 2.05) is 30.4 Å². The molecule has 12 heteroatoms. The molecular weight excluding hydrogens is 783 g/mol. The molecular formula is C48H77O11P. The number of rotatable bonds is 39. The molecule has 60 heavy (non-hydrogen) atoms. The van der Waals surface area contributed by atoms with Crippen molar-refractivity contribution >= 4 is 19.8 Å². The molecule has 0 heterocycles. The van der Waals surface area contributed by atoms with E-state index in [1.54, 1.807) is 0 Å². The standard InChI is InChI=1S/C48H77O11P/c1-3-5-6-7-8-9-10-11-12-13-14-15-16-19-23-26-29-32-35-39-48(53)59-46(43-58-60(54,55)57-41-45(51)40-49)42-56-47(52)38-34-31-28-25-22-20-17-18-21-24-27-30-33-37-44(50)36-4-2/h8-9,11-12,14-15,17,19-21,23-25,28-30,32-33,44-46,49-51H,3-7,10,13,16,18,22,26-27,31,34-43H2,1-2H3,(H,54,55)/b9-8-,12-11-,15-14-,20-17-,23-19-,24-21-,28-25-,32-29-,33-30-/t44?,45-,46+/m0/s1. The van der Waals surface area contributed by atoms with Gasteiger partial charge < -0.3 is 29.7 Å². The van der Waals surface area contributed by atoms with Crippen LogP contribution in [-0.4, -0.2) is 76.9 Å². The minimum Gasteiger partial charge on any atom is -0.462 e. The normalized spacial score (nSPS) is 15.4. The molecule has 0 spiro atoms. The molecule has 0 aliphatic heterocycles. The highest BCUT2D eigenvalue weighted by molar-refractivity contribution is 7.47. The number of carbonyl (C=O) groups is 2. The summed E-state index contributed by atoms with van der Waals surface area (Å²) in [5, 5.41) is 28.1. The summed E-state index contributed by atoms with van der Waals surface area (Å²) >= 11 is 0.